The minimum atomic E-state index is -0.289. The first-order valence-corrected chi connectivity index (χ1v) is 28.8. The van der Waals surface area contributed by atoms with Crippen LogP contribution in [0.2, 0.25) is 0 Å². The predicted octanol–water partition coefficient (Wildman–Crippen LogP) is 20.6. The molecular formula is C75H80N4O. The average molecular weight is 1050 g/mol. The number of para-hydroxylation sites is 1. The smallest absolute Gasteiger partial charge is 0.137 e. The van der Waals surface area contributed by atoms with Crippen LogP contribution in [0.5, 0.6) is 11.5 Å². The summed E-state index contributed by atoms with van der Waals surface area (Å²) in [6, 6.07) is 69.7. The second-order valence-electron chi connectivity index (χ2n) is 26.9. The Kier molecular flexibility index (Phi) is 13.5. The predicted molar refractivity (Wildman–Crippen MR) is 340 cm³/mol. The SMILES string of the molecule is CC(C)c1ccccc1-c1cc(Oc2ccc3c4ccccc4n(-c4cc(C(C)(C)C)ccn4)c3c2)cc(N2CN(c3cc(C(C)(C)c4ccccc4)cc(C(C)(C)c4ccccc4)c3)c3cc(C(C)(C)C)c(C(C)(C)C)cc32)c1. The average Bonchev–Trinajstić information content (AvgIpc) is 4.20. The number of rotatable bonds is 11. The van der Waals surface area contributed by atoms with Gasteiger partial charge >= 0.3 is 0 Å². The number of fused-ring (bicyclic) bond motifs is 4. The van der Waals surface area contributed by atoms with Gasteiger partial charge in [-0.05, 0) is 145 Å². The molecule has 80 heavy (non-hydrogen) atoms. The van der Waals surface area contributed by atoms with Crippen LogP contribution >= 0.6 is 0 Å². The monoisotopic (exact) mass is 1050 g/mol. The van der Waals surface area contributed by atoms with Crippen LogP contribution in [-0.2, 0) is 27.1 Å². The zero-order valence-electron chi connectivity index (χ0n) is 50.0. The summed E-state index contributed by atoms with van der Waals surface area (Å²) in [5.41, 5.74) is 18.6. The zero-order chi connectivity index (χ0) is 56.7. The number of anilines is 4. The van der Waals surface area contributed by atoms with Crippen LogP contribution in [0.25, 0.3) is 38.8 Å². The molecule has 5 nitrogen and oxygen atoms in total. The van der Waals surface area contributed by atoms with Gasteiger partial charge in [0.05, 0.1) is 22.4 Å². The zero-order valence-corrected chi connectivity index (χ0v) is 50.0. The van der Waals surface area contributed by atoms with Gasteiger partial charge in [0.25, 0.3) is 0 Å². The number of ether oxygens (including phenoxy) is 1. The summed E-state index contributed by atoms with van der Waals surface area (Å²) in [5, 5.41) is 2.33. The Hall–Kier alpha value is -7.89. The van der Waals surface area contributed by atoms with Crippen LogP contribution in [0.3, 0.4) is 0 Å². The molecule has 5 heteroatoms. The number of hydrogen-bond donors (Lipinski definition) is 0. The number of benzene rings is 8. The molecule has 10 aromatic rings. The van der Waals surface area contributed by atoms with Gasteiger partial charge in [0.2, 0.25) is 0 Å². The van der Waals surface area contributed by atoms with Crippen molar-refractivity contribution in [3.63, 3.8) is 0 Å². The first-order valence-electron chi connectivity index (χ1n) is 28.8. The van der Waals surface area contributed by atoms with Gasteiger partial charge in [-0.1, -0.05) is 213 Å². The molecule has 1 aliphatic rings. The lowest BCUT2D eigenvalue weighted by atomic mass is 9.73. The molecule has 1 aliphatic heterocycles. The van der Waals surface area contributed by atoms with Gasteiger partial charge in [0, 0.05) is 51.3 Å². The Morgan fingerprint density at radius 2 is 0.963 bits per heavy atom. The Morgan fingerprint density at radius 3 is 1.54 bits per heavy atom. The first kappa shape index (κ1) is 54.1. The molecule has 0 radical (unpaired) electrons. The number of pyridine rings is 1. The van der Waals surface area contributed by atoms with Crippen molar-refractivity contribution in [3.8, 4) is 28.4 Å². The molecule has 0 amide bonds. The fourth-order valence-corrected chi connectivity index (χ4v) is 12.1. The van der Waals surface area contributed by atoms with E-state index in [4.69, 9.17) is 9.72 Å². The van der Waals surface area contributed by atoms with Crippen LogP contribution < -0.4 is 14.5 Å². The topological polar surface area (TPSA) is 33.5 Å². The molecule has 0 fully saturated rings. The Morgan fingerprint density at radius 1 is 0.425 bits per heavy atom. The highest BCUT2D eigenvalue weighted by atomic mass is 16.5. The fourth-order valence-electron chi connectivity index (χ4n) is 12.1. The van der Waals surface area contributed by atoms with Crippen molar-refractivity contribution < 1.29 is 4.74 Å². The summed E-state index contributed by atoms with van der Waals surface area (Å²) in [4.78, 5) is 10.1. The Bertz CT molecular complexity index is 3860. The van der Waals surface area contributed by atoms with Crippen molar-refractivity contribution in [2.45, 2.75) is 137 Å². The molecule has 0 atom stereocenters. The molecule has 0 N–H and O–H groups in total. The first-order chi connectivity index (χ1) is 37.9. The Balaban J connectivity index is 1.12. The van der Waals surface area contributed by atoms with Gasteiger partial charge in [0.1, 0.15) is 24.0 Å². The molecular weight excluding hydrogens is 973 g/mol. The number of aromatic nitrogens is 2. The quantitative estimate of drug-likeness (QED) is 0.129. The van der Waals surface area contributed by atoms with E-state index in [1.807, 2.05) is 6.20 Å². The summed E-state index contributed by atoms with van der Waals surface area (Å²) >= 11 is 0. The van der Waals surface area contributed by atoms with Crippen molar-refractivity contribution >= 4 is 44.6 Å². The minimum Gasteiger partial charge on any atom is -0.457 e. The lowest BCUT2D eigenvalue weighted by molar-refractivity contribution is 0.483. The maximum atomic E-state index is 7.27. The summed E-state index contributed by atoms with van der Waals surface area (Å²) in [5.74, 6) is 2.73. The van der Waals surface area contributed by atoms with Crippen LogP contribution in [0.1, 0.15) is 154 Å². The summed E-state index contributed by atoms with van der Waals surface area (Å²) in [6.07, 6.45) is 1.94. The molecule has 0 saturated heterocycles. The van der Waals surface area contributed by atoms with E-state index in [0.29, 0.717) is 12.6 Å². The molecule has 0 saturated carbocycles. The van der Waals surface area contributed by atoms with Crippen LogP contribution in [-0.4, -0.2) is 16.2 Å². The maximum absolute atomic E-state index is 7.27. The molecule has 0 unspecified atom stereocenters. The normalized spacial score (nSPS) is 13.4. The summed E-state index contributed by atoms with van der Waals surface area (Å²) in [6.45, 7) is 35.6. The third-order valence-corrected chi connectivity index (χ3v) is 17.1. The number of hydrogen-bond acceptors (Lipinski definition) is 4. The molecule has 0 spiro atoms. The molecule has 2 aromatic heterocycles. The van der Waals surface area contributed by atoms with Crippen molar-refractivity contribution in [3.05, 3.63) is 239 Å². The van der Waals surface area contributed by atoms with Crippen molar-refractivity contribution in [2.75, 3.05) is 16.5 Å². The third kappa shape index (κ3) is 9.99. The van der Waals surface area contributed by atoms with Gasteiger partial charge < -0.3 is 14.5 Å². The van der Waals surface area contributed by atoms with E-state index >= 15 is 0 Å². The van der Waals surface area contributed by atoms with Crippen LogP contribution in [0.4, 0.5) is 22.7 Å². The van der Waals surface area contributed by atoms with Gasteiger partial charge in [-0.2, -0.15) is 0 Å². The van der Waals surface area contributed by atoms with Crippen LogP contribution in [0, 0.1) is 0 Å². The molecule has 3 heterocycles. The third-order valence-electron chi connectivity index (χ3n) is 17.1. The van der Waals surface area contributed by atoms with Gasteiger partial charge in [-0.25, -0.2) is 4.98 Å². The molecule has 0 aliphatic carbocycles. The van der Waals surface area contributed by atoms with E-state index in [1.165, 1.54) is 72.5 Å². The number of nitrogens with zero attached hydrogens (tertiary/aromatic N) is 4. The second kappa shape index (κ2) is 20.0. The highest BCUT2D eigenvalue weighted by Gasteiger charge is 2.37. The summed E-state index contributed by atoms with van der Waals surface area (Å²) < 4.78 is 9.57. The molecule has 11 rings (SSSR count). The molecule has 406 valence electrons. The van der Waals surface area contributed by atoms with Gasteiger partial charge in [-0.15, -0.1) is 0 Å². The largest absolute Gasteiger partial charge is 0.457 e. The van der Waals surface area contributed by atoms with Crippen LogP contribution in [0.15, 0.2) is 194 Å². The van der Waals surface area contributed by atoms with Crippen molar-refractivity contribution in [2.24, 2.45) is 0 Å². The van der Waals surface area contributed by atoms with Gasteiger partial charge in [0.15, 0.2) is 0 Å². The second-order valence-corrected chi connectivity index (χ2v) is 26.9. The fraction of sp³-hybridized carbons (Fsp3) is 0.293. The molecule has 8 aromatic carbocycles. The van der Waals surface area contributed by atoms with E-state index < -0.39 is 0 Å². The van der Waals surface area contributed by atoms with E-state index in [0.717, 1.165) is 45.0 Å². The van der Waals surface area contributed by atoms with E-state index in [-0.39, 0.29) is 27.1 Å². The van der Waals surface area contributed by atoms with E-state index in [2.05, 4.69) is 306 Å². The highest BCUT2D eigenvalue weighted by Crippen LogP contribution is 2.52. The van der Waals surface area contributed by atoms with Crippen molar-refractivity contribution in [1.82, 2.24) is 9.55 Å². The maximum Gasteiger partial charge on any atom is 0.137 e. The lowest BCUT2D eigenvalue weighted by Gasteiger charge is -2.34. The Labute approximate surface area is 476 Å². The standard InChI is InChI=1S/C75H80N4O/c1-49(2)60-30-22-23-31-61(60)50-38-56(44-59(39-50)80-58-34-35-63-62-32-24-25-33-66(62)79(67(63)45-58)70-43-53(36-37-76-70)71(3,4)5)77-48-78(69-47-65(73(9,10)11)64(46-68(69)77)72(6,7)8)57-41-54(74(12,13)51-26-18-16-19-27-51)40-55(42-57)75(14,15)52-28-20-17-21-29-52/h16-47,49H,48H2,1-15H3. The van der Waals surface area contributed by atoms with Gasteiger partial charge in [-0.3, -0.25) is 4.57 Å². The van der Waals surface area contributed by atoms with E-state index in [1.54, 1.807) is 0 Å². The highest BCUT2D eigenvalue weighted by molar-refractivity contribution is 6.09. The van der Waals surface area contributed by atoms with Crippen molar-refractivity contribution in [1.29, 1.82) is 0 Å². The minimum absolute atomic E-state index is 0.0384. The molecule has 0 bridgehead atoms. The lowest BCUT2D eigenvalue weighted by Crippen LogP contribution is -2.27. The van der Waals surface area contributed by atoms with E-state index in [9.17, 15) is 0 Å². The summed E-state index contributed by atoms with van der Waals surface area (Å²) in [7, 11) is 0.